The molecule has 4 amide bonds. The number of nitrogens with two attached hydrogens (primary N) is 4. The Labute approximate surface area is 994 Å². The van der Waals surface area contributed by atoms with E-state index in [2.05, 4.69) is 99.9 Å². The van der Waals surface area contributed by atoms with Gasteiger partial charge in [-0.2, -0.15) is 39.9 Å². The van der Waals surface area contributed by atoms with Gasteiger partial charge in [-0.25, -0.2) is 19.2 Å². The summed E-state index contributed by atoms with van der Waals surface area (Å²) in [5.74, 6) is 9.94. The molecule has 60 heteroatoms. The summed E-state index contributed by atoms with van der Waals surface area (Å²) in [4.78, 5) is 126. The Kier molecular flexibility index (Phi) is 73.8. The molecule has 8 radical (unpaired) electrons. The first-order valence-corrected chi connectivity index (χ1v) is 75.6. The van der Waals surface area contributed by atoms with Crippen LogP contribution in [0.5, 0.6) is 70.0 Å². The second-order valence-corrected chi connectivity index (χ2v) is 26.6. The van der Waals surface area contributed by atoms with Crippen molar-refractivity contribution in [3.05, 3.63) is 210 Å². The topological polar surface area (TPSA) is 617 Å². The summed E-state index contributed by atoms with van der Waals surface area (Å²) in [6.45, 7) is 21.7. The molecule has 0 atom stereocenters. The zero-order chi connectivity index (χ0) is 109. The van der Waals surface area contributed by atoms with E-state index in [1.807, 2.05) is 18.2 Å². The summed E-state index contributed by atoms with van der Waals surface area (Å²) >= 11 is 10.7. The van der Waals surface area contributed by atoms with E-state index in [0.717, 1.165) is 20.3 Å². The monoisotopic (exact) mass is 2170 g/mol. The van der Waals surface area contributed by atoms with Crippen LogP contribution in [0, 0.1) is 77.0 Å². The van der Waals surface area contributed by atoms with Crippen LogP contribution in [0.15, 0.2) is 148 Å². The molecule has 8 aromatic rings. The zero-order valence-corrected chi connectivity index (χ0v) is 99.0. The fourth-order valence-corrected chi connectivity index (χ4v) is 10.8. The van der Waals surface area contributed by atoms with E-state index in [-0.39, 0.29) is 194 Å². The summed E-state index contributed by atoms with van der Waals surface area (Å²) in [6, 6.07) is 19.7. The number of nitrogens with one attached hydrogen (secondary N) is 1. The van der Waals surface area contributed by atoms with Gasteiger partial charge in [-0.15, -0.1) is 24.4 Å². The van der Waals surface area contributed by atoms with Gasteiger partial charge in [0.25, 0.3) is 0 Å². The SMILES string of the molecule is C.C#CC#CC#C.C=CCOc1cc(CCl)ccc1OC.C=CCOc1nc(N)c([N+](=O)[O-])c(N(Cc2ccc(OC)c(OCC=C)c2)C(=O)OCC)n1.C=CCOc1nc(N)c([N+](=O)[O-])c(NC(=O)OCC)n1.CCOC(=O)N1Cc2ccc(OC)c(c2)OC/C=C\COc2nc(N)c([N+](=O)[O-])c1n2.CCOC(=O)N1Cc2ccc(OC)c(c2)OC/C=C\COc2nc(N)c([N+](=O)[O-])c1n2.[B]B([B])B([B])[B].[H-].[K+].[K][K].[K][K]. The third-order valence-electron chi connectivity index (χ3n) is 16.7. The number of ether oxygens (including phenoxy) is 16. The molecule has 147 heavy (non-hydrogen) atoms. The molecule has 48 nitrogen and oxygen atoms in total. The van der Waals surface area contributed by atoms with E-state index in [4.69, 9.17) is 149 Å². The summed E-state index contributed by atoms with van der Waals surface area (Å²) in [7, 11) is 26.0. The molecular weight excluding hydrogens is 2070 g/mol. The number of methoxy groups -OCH3 is 4. The number of halogens is 1. The molecule has 6 heterocycles. The molecule has 0 spiro atoms. The molecule has 0 saturated carbocycles. The number of carbonyl (C=O) groups excluding carboxylic acids is 4. The first-order valence-electron chi connectivity index (χ1n) is 43.1. The number of benzene rings is 4. The molecule has 8 bridgehead atoms. The van der Waals surface area contributed by atoms with Crippen molar-refractivity contribution in [1.82, 2.24) is 39.9 Å². The number of nitro groups is 4. The maximum absolute atomic E-state index is 12.8. The first kappa shape index (κ1) is 138. The number of hydrogen-bond donors (Lipinski definition) is 5. The molecule has 0 unspecified atom stereocenters. The van der Waals surface area contributed by atoms with Crippen LogP contribution >= 0.6 is 11.6 Å². The minimum absolute atomic E-state index is 0. The molecule has 0 saturated heterocycles. The quantitative estimate of drug-likeness (QED) is 0.00609. The van der Waals surface area contributed by atoms with Crippen LogP contribution in [0.4, 0.5) is 88.5 Å². The van der Waals surface area contributed by atoms with Crippen LogP contribution in [0.1, 0.15) is 58.8 Å². The standard InChI is InChI=1S/C21H25N5O7.2C19H21N5O7.C11H13ClO2.C10H13N5O5.C6H2.CH4.B6.5K.H/c1-5-10-32-16-12-14(8-9-15(16)30-4)13-25(21(27)31-7-3)19-17(26(28)29)18(22)23-20(24-19)33-11-6-2;2*1-3-29-19(25)23-11-12-6-7-13(28-2)14(10-12)30-8-4-5-9-31-18-21-16(20)15(24(26)27)17(23)22-18;1-3-6-14-11-7-9(8-12)4-5-10(11)13-2;1-3-5-20-9-12-7(11)6(15(17)18)8(13-9)14-10(16)19-4-2;1-3-5-6-4-2;;1-5(2)6(3)4;;;;;;/h5-6,8-9,12H,1-2,7,10-11,13H2,3-4H3,(H2,22,23,24);2*4-7,10H,3,8-9,11H2,1-2H3,(H2,20,21,22);3-5,7H,1,6,8H2,2H3;3H,1,4-5H2,2H3,(H3,11,12,13,14,16);1-2H;1H4;;;;;;;/q;;;;;;;;;;;;+1;-1/b;2*5-4-;;;;;;;;;;;. The van der Waals surface area contributed by atoms with Gasteiger partial charge in [0.2, 0.25) is 46.5 Å². The van der Waals surface area contributed by atoms with Gasteiger partial charge in [0.1, 0.15) is 52.9 Å². The molecule has 746 valence electrons. The predicted octanol–water partition coefficient (Wildman–Crippen LogP) is 6.50. The van der Waals surface area contributed by atoms with Crippen LogP contribution in [-0.4, -0.2) is 362 Å². The van der Waals surface area contributed by atoms with E-state index in [9.17, 15) is 59.6 Å². The Morgan fingerprint density at radius 2 is 0.857 bits per heavy atom. The van der Waals surface area contributed by atoms with Gasteiger partial charge in [0, 0.05) is 49.6 Å². The van der Waals surface area contributed by atoms with Crippen molar-refractivity contribution >= 4 is 275 Å². The average Bonchev–Trinajstić information content (AvgIpc) is 0.800. The number of carbonyl (C=O) groups is 4. The summed E-state index contributed by atoms with van der Waals surface area (Å²) < 4.78 is 84.5. The Balaban J connectivity index is 0. The fraction of sp³-hybridized carbons (Fsp3) is 0.287. The van der Waals surface area contributed by atoms with Gasteiger partial charge >= 0.3 is 249 Å². The van der Waals surface area contributed by atoms with Gasteiger partial charge < -0.3 is 100 Å². The number of aromatic nitrogens is 8. The van der Waals surface area contributed by atoms with Crippen LogP contribution in [-0.2, 0) is 44.5 Å². The minimum atomic E-state index is -0.900. The van der Waals surface area contributed by atoms with Crippen molar-refractivity contribution in [2.75, 3.05) is 151 Å². The van der Waals surface area contributed by atoms with Gasteiger partial charge in [-0.1, -0.05) is 82.3 Å². The summed E-state index contributed by atoms with van der Waals surface area (Å²) in [5.41, 5.74) is 23.0. The number of anilines is 8. The number of fused-ring (bicyclic) bond motifs is 8. The van der Waals surface area contributed by atoms with Crippen molar-refractivity contribution in [1.29, 1.82) is 0 Å². The van der Waals surface area contributed by atoms with Crippen molar-refractivity contribution in [2.45, 2.75) is 60.6 Å². The van der Waals surface area contributed by atoms with E-state index in [1.54, 1.807) is 126 Å². The van der Waals surface area contributed by atoms with Crippen molar-refractivity contribution in [2.24, 2.45) is 0 Å². The molecular formula is C87H100B6ClK5N20O28. The van der Waals surface area contributed by atoms with Crippen LogP contribution in [0.2, 0.25) is 0 Å². The Hall–Kier alpha value is -9.34. The maximum atomic E-state index is 12.8. The zero-order valence-electron chi connectivity index (χ0n) is 83.6. The van der Waals surface area contributed by atoms with Gasteiger partial charge in [-0.05, 0) is 146 Å². The number of terminal acetylenes is 2. The number of rotatable bonds is 30. The first-order chi connectivity index (χ1) is 69.6. The number of alkyl halides is 1. The molecule has 0 aliphatic carbocycles. The van der Waals surface area contributed by atoms with Gasteiger partial charge in [0.05, 0.1) is 94.2 Å². The van der Waals surface area contributed by atoms with E-state index >= 15 is 0 Å². The van der Waals surface area contributed by atoms with Crippen molar-refractivity contribution in [3.8, 4) is 107 Å². The Morgan fingerprint density at radius 1 is 0.503 bits per heavy atom. The van der Waals surface area contributed by atoms with Gasteiger partial charge in [0.15, 0.2) is 46.0 Å². The summed E-state index contributed by atoms with van der Waals surface area (Å²) in [5, 5.41) is 48.1. The second kappa shape index (κ2) is 78.8. The fourth-order valence-electron chi connectivity index (χ4n) is 10.6. The van der Waals surface area contributed by atoms with Crippen molar-refractivity contribution < 1.29 is 167 Å². The van der Waals surface area contributed by atoms with E-state index in [0.29, 0.717) is 75.2 Å². The van der Waals surface area contributed by atoms with Crippen molar-refractivity contribution in [3.63, 3.8) is 0 Å². The van der Waals surface area contributed by atoms with Gasteiger partial charge in [-0.3, -0.25) is 60.5 Å². The Bertz CT molecular complexity index is 5730. The molecule has 9 N–H and O–H groups in total. The third kappa shape index (κ3) is 48.7. The van der Waals surface area contributed by atoms with Crippen LogP contribution in [0.3, 0.4) is 0 Å². The molecule has 4 aromatic carbocycles. The molecule has 4 aromatic heterocycles. The van der Waals surface area contributed by atoms with Crippen LogP contribution in [0.25, 0.3) is 0 Å². The molecule has 0 fully saturated rings. The van der Waals surface area contributed by atoms with E-state index < -0.39 is 109 Å². The van der Waals surface area contributed by atoms with E-state index in [1.165, 1.54) is 160 Å². The number of amides is 4. The average molecular weight is 2170 g/mol. The second-order valence-electron chi connectivity index (χ2n) is 26.4. The number of nitrogens with zero attached hydrogens (tertiary/aromatic N) is 15. The number of nitrogen functional groups attached to an aromatic ring is 4. The normalized spacial score (nSPS) is 11.1. The molecule has 2 aliphatic heterocycles. The number of hydrogen-bond acceptors (Lipinski definition) is 40. The Morgan fingerprint density at radius 3 is 1.22 bits per heavy atom. The third-order valence-corrected chi connectivity index (χ3v) is 17.0. The van der Waals surface area contributed by atoms with Crippen LogP contribution < -0.4 is 151 Å². The molecule has 2 aliphatic rings. The predicted molar refractivity (Wildman–Crippen MR) is 558 cm³/mol. The summed E-state index contributed by atoms with van der Waals surface area (Å²) in [6.07, 6.45) is 17.6. The molecule has 10 rings (SSSR count).